The highest BCUT2D eigenvalue weighted by atomic mass is 16.3. The number of hydrogen-bond donors (Lipinski definition) is 2. The molecule has 0 radical (unpaired) electrons. The minimum Gasteiger partial charge on any atom is -0.390 e. The maximum absolute atomic E-state index is 10.0. The van der Waals surface area contributed by atoms with Gasteiger partial charge in [-0.15, -0.1) is 12.3 Å². The van der Waals surface area contributed by atoms with Gasteiger partial charge >= 0.3 is 0 Å². The first-order valence-electron chi connectivity index (χ1n) is 4.63. The van der Waals surface area contributed by atoms with Gasteiger partial charge in [0.1, 0.15) is 0 Å². The van der Waals surface area contributed by atoms with Crippen LogP contribution in [0.1, 0.15) is 32.1 Å². The number of rotatable bonds is 2. The summed E-state index contributed by atoms with van der Waals surface area (Å²) in [4.78, 5) is 0. The maximum Gasteiger partial charge on any atom is 0.0669 e. The molecule has 0 spiro atoms. The van der Waals surface area contributed by atoms with Crippen molar-refractivity contribution < 1.29 is 5.11 Å². The van der Waals surface area contributed by atoms with Crippen molar-refractivity contribution >= 4 is 0 Å². The van der Waals surface area contributed by atoms with E-state index in [1.807, 2.05) is 0 Å². The summed E-state index contributed by atoms with van der Waals surface area (Å²) in [5.74, 6) is 2.58. The number of hydrogen-bond acceptors (Lipinski definition) is 2. The Bertz CT molecular complexity index is 163. The van der Waals surface area contributed by atoms with Gasteiger partial charge in [-0.25, -0.2) is 0 Å². The van der Waals surface area contributed by atoms with Crippen LogP contribution in [0.2, 0.25) is 0 Å². The third kappa shape index (κ3) is 2.84. The normalized spacial score (nSPS) is 30.7. The zero-order valence-electron chi connectivity index (χ0n) is 7.47. The summed E-state index contributed by atoms with van der Waals surface area (Å²) in [5.41, 5.74) is -0.490. The molecule has 1 aliphatic rings. The first-order chi connectivity index (χ1) is 5.77. The molecule has 0 bridgehead atoms. The van der Waals surface area contributed by atoms with Crippen molar-refractivity contribution in [1.82, 2.24) is 5.32 Å². The molecule has 1 fully saturated rings. The Kier molecular flexibility index (Phi) is 3.58. The van der Waals surface area contributed by atoms with E-state index >= 15 is 0 Å². The molecule has 0 amide bonds. The number of nitrogens with one attached hydrogen (secondary N) is 1. The van der Waals surface area contributed by atoms with Gasteiger partial charge in [0, 0.05) is 6.42 Å². The molecular formula is C10H17NO. The monoisotopic (exact) mass is 167 g/mol. The second kappa shape index (κ2) is 4.49. The summed E-state index contributed by atoms with van der Waals surface area (Å²) in [6, 6.07) is 0. The van der Waals surface area contributed by atoms with Crippen LogP contribution in [-0.4, -0.2) is 23.8 Å². The number of aliphatic hydroxyl groups is 1. The van der Waals surface area contributed by atoms with E-state index in [-0.39, 0.29) is 0 Å². The SMILES string of the molecule is C#CCCC1(O)CCCNCC1. The predicted octanol–water partition coefficient (Wildman–Crippen LogP) is 0.904. The molecule has 0 aromatic carbocycles. The lowest BCUT2D eigenvalue weighted by atomic mass is 9.90. The molecule has 2 heteroatoms. The van der Waals surface area contributed by atoms with Crippen LogP contribution in [0, 0.1) is 12.3 Å². The van der Waals surface area contributed by atoms with Crippen molar-refractivity contribution in [1.29, 1.82) is 0 Å². The van der Waals surface area contributed by atoms with Gasteiger partial charge in [-0.1, -0.05) is 0 Å². The zero-order valence-corrected chi connectivity index (χ0v) is 7.47. The fourth-order valence-corrected chi connectivity index (χ4v) is 1.67. The molecule has 0 aromatic heterocycles. The first kappa shape index (κ1) is 9.57. The smallest absolute Gasteiger partial charge is 0.0669 e. The highest BCUT2D eigenvalue weighted by Gasteiger charge is 2.26. The van der Waals surface area contributed by atoms with Gasteiger partial charge in [0.15, 0.2) is 0 Å². The standard InChI is InChI=1S/C10H17NO/c1-2-3-5-10(12)6-4-8-11-9-7-10/h1,11-12H,3-9H2. The Balaban J connectivity index is 2.38. The minimum absolute atomic E-state index is 0.490. The van der Waals surface area contributed by atoms with E-state index in [0.717, 1.165) is 38.8 Å². The van der Waals surface area contributed by atoms with Gasteiger partial charge < -0.3 is 10.4 Å². The first-order valence-corrected chi connectivity index (χ1v) is 4.63. The highest BCUT2D eigenvalue weighted by molar-refractivity contribution is 4.90. The fraction of sp³-hybridized carbons (Fsp3) is 0.800. The van der Waals surface area contributed by atoms with E-state index in [1.165, 1.54) is 0 Å². The average Bonchev–Trinajstić information content (AvgIpc) is 2.27. The lowest BCUT2D eigenvalue weighted by molar-refractivity contribution is 0.0210. The molecule has 1 saturated heterocycles. The molecule has 1 heterocycles. The van der Waals surface area contributed by atoms with E-state index in [9.17, 15) is 5.11 Å². The third-order valence-corrected chi connectivity index (χ3v) is 2.50. The van der Waals surface area contributed by atoms with E-state index in [4.69, 9.17) is 6.42 Å². The van der Waals surface area contributed by atoms with Crippen LogP contribution in [0.25, 0.3) is 0 Å². The third-order valence-electron chi connectivity index (χ3n) is 2.50. The van der Waals surface area contributed by atoms with Gasteiger partial charge in [-0.05, 0) is 38.8 Å². The van der Waals surface area contributed by atoms with Gasteiger partial charge in [0.05, 0.1) is 5.60 Å². The van der Waals surface area contributed by atoms with Crippen molar-refractivity contribution in [3.05, 3.63) is 0 Å². The molecule has 0 aromatic rings. The highest BCUT2D eigenvalue weighted by Crippen LogP contribution is 2.24. The lowest BCUT2D eigenvalue weighted by Gasteiger charge is -2.25. The van der Waals surface area contributed by atoms with Crippen LogP contribution in [-0.2, 0) is 0 Å². The fourth-order valence-electron chi connectivity index (χ4n) is 1.67. The van der Waals surface area contributed by atoms with Crippen LogP contribution < -0.4 is 5.32 Å². The molecule has 1 atom stereocenters. The van der Waals surface area contributed by atoms with Crippen LogP contribution in [0.5, 0.6) is 0 Å². The Morgan fingerprint density at radius 3 is 3.00 bits per heavy atom. The van der Waals surface area contributed by atoms with Gasteiger partial charge in [-0.2, -0.15) is 0 Å². The average molecular weight is 167 g/mol. The Morgan fingerprint density at radius 1 is 1.42 bits per heavy atom. The van der Waals surface area contributed by atoms with E-state index in [1.54, 1.807) is 0 Å². The molecule has 2 N–H and O–H groups in total. The summed E-state index contributed by atoms with van der Waals surface area (Å²) in [5, 5.41) is 13.3. The van der Waals surface area contributed by atoms with Crippen molar-refractivity contribution in [2.75, 3.05) is 13.1 Å². The predicted molar refractivity (Wildman–Crippen MR) is 49.7 cm³/mol. The van der Waals surface area contributed by atoms with Crippen molar-refractivity contribution in [2.24, 2.45) is 0 Å². The quantitative estimate of drug-likeness (QED) is 0.599. The number of terminal acetylenes is 1. The van der Waals surface area contributed by atoms with Gasteiger partial charge in [-0.3, -0.25) is 0 Å². The molecule has 0 aliphatic carbocycles. The lowest BCUT2D eigenvalue weighted by Crippen LogP contribution is -2.29. The van der Waals surface area contributed by atoms with Crippen LogP contribution >= 0.6 is 0 Å². The van der Waals surface area contributed by atoms with Crippen LogP contribution in [0.3, 0.4) is 0 Å². The minimum atomic E-state index is -0.490. The summed E-state index contributed by atoms with van der Waals surface area (Å²) in [6.07, 6.45) is 9.40. The van der Waals surface area contributed by atoms with Crippen molar-refractivity contribution in [3.8, 4) is 12.3 Å². The van der Waals surface area contributed by atoms with E-state index < -0.39 is 5.60 Å². The summed E-state index contributed by atoms with van der Waals surface area (Å²) in [7, 11) is 0. The largest absolute Gasteiger partial charge is 0.390 e. The molecule has 2 nitrogen and oxygen atoms in total. The van der Waals surface area contributed by atoms with Crippen molar-refractivity contribution in [3.63, 3.8) is 0 Å². The molecule has 1 rings (SSSR count). The molecule has 12 heavy (non-hydrogen) atoms. The van der Waals surface area contributed by atoms with Crippen LogP contribution in [0.15, 0.2) is 0 Å². The van der Waals surface area contributed by atoms with E-state index in [2.05, 4.69) is 11.2 Å². The second-order valence-corrected chi connectivity index (χ2v) is 3.53. The Labute approximate surface area is 74.4 Å². The molecular weight excluding hydrogens is 150 g/mol. The summed E-state index contributed by atoms with van der Waals surface area (Å²) < 4.78 is 0. The summed E-state index contributed by atoms with van der Waals surface area (Å²) in [6.45, 7) is 1.94. The second-order valence-electron chi connectivity index (χ2n) is 3.53. The Hall–Kier alpha value is -0.520. The van der Waals surface area contributed by atoms with Gasteiger partial charge in [0.2, 0.25) is 0 Å². The van der Waals surface area contributed by atoms with Crippen LogP contribution in [0.4, 0.5) is 0 Å². The maximum atomic E-state index is 10.0. The summed E-state index contributed by atoms with van der Waals surface area (Å²) >= 11 is 0. The topological polar surface area (TPSA) is 32.3 Å². The van der Waals surface area contributed by atoms with Crippen molar-refractivity contribution in [2.45, 2.75) is 37.7 Å². The molecule has 1 unspecified atom stereocenters. The zero-order chi connectivity index (χ0) is 8.86. The molecule has 0 saturated carbocycles. The van der Waals surface area contributed by atoms with E-state index in [0.29, 0.717) is 6.42 Å². The van der Waals surface area contributed by atoms with Gasteiger partial charge in [0.25, 0.3) is 0 Å². The molecule has 1 aliphatic heterocycles. The molecule has 68 valence electrons. The Morgan fingerprint density at radius 2 is 2.25 bits per heavy atom.